The van der Waals surface area contributed by atoms with Crippen LogP contribution in [0.1, 0.15) is 23.7 Å². The Kier molecular flexibility index (Phi) is 3.94. The number of aryl methyl sites for hydroxylation is 1. The van der Waals surface area contributed by atoms with E-state index in [-0.39, 0.29) is 5.91 Å². The largest absolute Gasteiger partial charge is 0.419 e. The molecule has 1 amide bonds. The first kappa shape index (κ1) is 14.3. The number of carbonyl (C=O) groups excluding carboxylic acids is 1. The van der Waals surface area contributed by atoms with Gasteiger partial charge in [0.05, 0.1) is 17.2 Å². The van der Waals surface area contributed by atoms with E-state index in [1.165, 1.54) is 9.47 Å². The molecule has 0 aliphatic carbocycles. The number of amides is 1. The molecule has 1 unspecified atom stereocenters. The van der Waals surface area contributed by atoms with Crippen LogP contribution in [0.2, 0.25) is 0 Å². The van der Waals surface area contributed by atoms with Crippen LogP contribution in [0.25, 0.3) is 11.1 Å². The monoisotopic (exact) mass is 278 g/mol. The predicted octanol–water partition coefficient (Wildman–Crippen LogP) is 0.974. The lowest BCUT2D eigenvalue weighted by atomic mass is 10.1. The maximum atomic E-state index is 12.4. The van der Waals surface area contributed by atoms with Crippen LogP contribution in [0.15, 0.2) is 27.4 Å². The van der Waals surface area contributed by atoms with E-state index in [9.17, 15) is 14.7 Å². The van der Waals surface area contributed by atoms with Crippen LogP contribution in [0.4, 0.5) is 0 Å². The van der Waals surface area contributed by atoms with Gasteiger partial charge in [-0.1, -0.05) is 6.07 Å². The zero-order valence-electron chi connectivity index (χ0n) is 11.8. The Labute approximate surface area is 116 Å². The van der Waals surface area contributed by atoms with Crippen LogP contribution < -0.4 is 5.76 Å². The zero-order chi connectivity index (χ0) is 14.9. The number of oxazole rings is 1. The van der Waals surface area contributed by atoms with Gasteiger partial charge in [-0.15, -0.1) is 0 Å². The van der Waals surface area contributed by atoms with Gasteiger partial charge >= 0.3 is 5.76 Å². The topological polar surface area (TPSA) is 75.7 Å². The van der Waals surface area contributed by atoms with E-state index >= 15 is 0 Å². The van der Waals surface area contributed by atoms with Crippen molar-refractivity contribution in [3.63, 3.8) is 0 Å². The molecule has 0 spiro atoms. The molecule has 20 heavy (non-hydrogen) atoms. The zero-order valence-corrected chi connectivity index (χ0v) is 11.8. The summed E-state index contributed by atoms with van der Waals surface area (Å²) in [6, 6.07) is 5.08. The van der Waals surface area contributed by atoms with Gasteiger partial charge in [0.2, 0.25) is 0 Å². The first-order valence-corrected chi connectivity index (χ1v) is 6.44. The smallest absolute Gasteiger partial charge is 0.407 e. The highest BCUT2D eigenvalue weighted by molar-refractivity contribution is 6.04. The summed E-state index contributed by atoms with van der Waals surface area (Å²) in [5.41, 5.74) is 1.24. The molecule has 0 saturated carbocycles. The van der Waals surface area contributed by atoms with Gasteiger partial charge in [-0.05, 0) is 25.5 Å². The quantitative estimate of drug-likeness (QED) is 0.904. The van der Waals surface area contributed by atoms with Crippen molar-refractivity contribution in [2.45, 2.75) is 19.4 Å². The molecule has 0 aliphatic heterocycles. The van der Waals surface area contributed by atoms with Crippen molar-refractivity contribution in [2.75, 3.05) is 13.6 Å². The second-order valence-corrected chi connectivity index (χ2v) is 4.95. The molecule has 0 radical (unpaired) electrons. The molecule has 0 bridgehead atoms. The molecule has 1 heterocycles. The number of aliphatic hydroxyl groups excluding tert-OH is 1. The highest BCUT2D eigenvalue weighted by Crippen LogP contribution is 2.18. The van der Waals surface area contributed by atoms with Gasteiger partial charge in [0.1, 0.15) is 0 Å². The fourth-order valence-electron chi connectivity index (χ4n) is 2.01. The fourth-order valence-corrected chi connectivity index (χ4v) is 2.01. The van der Waals surface area contributed by atoms with Gasteiger partial charge in [-0.2, -0.15) is 0 Å². The van der Waals surface area contributed by atoms with Crippen LogP contribution in [-0.4, -0.2) is 40.2 Å². The average Bonchev–Trinajstić information content (AvgIpc) is 2.71. The van der Waals surface area contributed by atoms with E-state index in [1.54, 1.807) is 39.2 Å². The van der Waals surface area contributed by atoms with Crippen LogP contribution in [-0.2, 0) is 7.05 Å². The number of hydrogen-bond donors (Lipinski definition) is 1. The number of carbonyl (C=O) groups is 1. The number of aliphatic hydroxyl groups is 1. The van der Waals surface area contributed by atoms with Crippen LogP contribution in [0, 0.1) is 0 Å². The third kappa shape index (κ3) is 2.60. The van der Waals surface area contributed by atoms with Crippen LogP contribution in [0.5, 0.6) is 0 Å². The summed E-state index contributed by atoms with van der Waals surface area (Å²) in [5.74, 6) is -0.725. The maximum Gasteiger partial charge on any atom is 0.419 e. The lowest BCUT2D eigenvalue weighted by Crippen LogP contribution is -2.29. The fraction of sp³-hybridized carbons (Fsp3) is 0.429. The molecule has 2 rings (SSSR count). The lowest BCUT2D eigenvalue weighted by molar-refractivity contribution is 0.0769. The van der Waals surface area contributed by atoms with E-state index in [1.807, 2.05) is 0 Å². The molecule has 0 aliphatic rings. The Hall–Kier alpha value is -2.08. The van der Waals surface area contributed by atoms with Gasteiger partial charge in [-0.25, -0.2) is 4.79 Å². The number of fused-ring (bicyclic) bond motifs is 1. The van der Waals surface area contributed by atoms with Gasteiger partial charge in [0, 0.05) is 20.6 Å². The minimum absolute atomic E-state index is 0.231. The van der Waals surface area contributed by atoms with Gasteiger partial charge in [-0.3, -0.25) is 9.36 Å². The summed E-state index contributed by atoms with van der Waals surface area (Å²) >= 11 is 0. The molecule has 6 heteroatoms. The summed E-state index contributed by atoms with van der Waals surface area (Å²) in [6.07, 6.45) is 0.0347. The third-order valence-corrected chi connectivity index (χ3v) is 3.28. The second-order valence-electron chi connectivity index (χ2n) is 4.95. The first-order valence-electron chi connectivity index (χ1n) is 6.44. The molecule has 1 N–H and O–H groups in total. The number of nitrogens with zero attached hydrogens (tertiary/aromatic N) is 2. The standard InChI is InChI=1S/C14H18N2O4/c1-9(17)7-8-15(2)13(18)10-5-4-6-11-12(10)20-14(19)16(11)3/h4-6,9,17H,7-8H2,1-3H3. The van der Waals surface area contributed by atoms with Gasteiger partial charge in [0.15, 0.2) is 5.58 Å². The van der Waals surface area contributed by atoms with Crippen molar-refractivity contribution in [1.29, 1.82) is 0 Å². The Morgan fingerprint density at radius 2 is 2.20 bits per heavy atom. The molecule has 1 aromatic carbocycles. The maximum absolute atomic E-state index is 12.4. The molecule has 0 saturated heterocycles. The molecule has 108 valence electrons. The Morgan fingerprint density at radius 1 is 1.50 bits per heavy atom. The van der Waals surface area contributed by atoms with E-state index in [4.69, 9.17) is 4.42 Å². The average molecular weight is 278 g/mol. The highest BCUT2D eigenvalue weighted by Gasteiger charge is 2.19. The molecule has 0 fully saturated rings. The third-order valence-electron chi connectivity index (χ3n) is 3.28. The van der Waals surface area contributed by atoms with Crippen molar-refractivity contribution >= 4 is 17.0 Å². The molecular weight excluding hydrogens is 260 g/mol. The van der Waals surface area contributed by atoms with Crippen LogP contribution in [0.3, 0.4) is 0 Å². The minimum atomic E-state index is -0.494. The van der Waals surface area contributed by atoms with E-state index in [0.717, 1.165) is 0 Å². The molecule has 1 atom stereocenters. The SMILES string of the molecule is CC(O)CCN(C)C(=O)c1cccc2c1oc(=O)n2C. The summed E-state index contributed by atoms with van der Waals surface area (Å²) in [5, 5.41) is 9.26. The Balaban J connectivity index is 2.35. The number of para-hydroxylation sites is 1. The molecule has 1 aromatic heterocycles. The number of aromatic nitrogens is 1. The van der Waals surface area contributed by atoms with Crippen molar-refractivity contribution in [2.24, 2.45) is 7.05 Å². The van der Waals surface area contributed by atoms with E-state index in [2.05, 4.69) is 0 Å². The normalized spacial score (nSPS) is 12.6. The summed E-state index contributed by atoms with van der Waals surface area (Å²) in [6.45, 7) is 2.11. The molecule has 2 aromatic rings. The van der Waals surface area contributed by atoms with Crippen molar-refractivity contribution in [3.05, 3.63) is 34.3 Å². The Morgan fingerprint density at radius 3 is 2.85 bits per heavy atom. The number of benzene rings is 1. The summed E-state index contributed by atoms with van der Waals surface area (Å²) < 4.78 is 6.50. The van der Waals surface area contributed by atoms with E-state index < -0.39 is 11.9 Å². The Bertz CT molecular complexity index is 684. The lowest BCUT2D eigenvalue weighted by Gasteiger charge is -2.18. The van der Waals surface area contributed by atoms with Crippen LogP contribution >= 0.6 is 0 Å². The predicted molar refractivity (Wildman–Crippen MR) is 74.7 cm³/mol. The molecule has 6 nitrogen and oxygen atoms in total. The van der Waals surface area contributed by atoms with Gasteiger partial charge in [0.25, 0.3) is 5.91 Å². The minimum Gasteiger partial charge on any atom is -0.407 e. The van der Waals surface area contributed by atoms with Gasteiger partial charge < -0.3 is 14.4 Å². The number of hydrogen-bond acceptors (Lipinski definition) is 4. The van der Waals surface area contributed by atoms with Crippen molar-refractivity contribution in [1.82, 2.24) is 9.47 Å². The second kappa shape index (κ2) is 5.50. The molecular formula is C14H18N2O4. The van der Waals surface area contributed by atoms with Crippen molar-refractivity contribution in [3.8, 4) is 0 Å². The van der Waals surface area contributed by atoms with Crippen molar-refractivity contribution < 1.29 is 14.3 Å². The summed E-state index contributed by atoms with van der Waals surface area (Å²) in [4.78, 5) is 25.4. The van der Waals surface area contributed by atoms with E-state index in [0.29, 0.717) is 29.6 Å². The number of rotatable bonds is 4. The first-order chi connectivity index (χ1) is 9.41. The summed E-state index contributed by atoms with van der Waals surface area (Å²) in [7, 11) is 3.25. The highest BCUT2D eigenvalue weighted by atomic mass is 16.4.